The SMILES string of the molecule is CC(C)(C)C1=NS(=O)(=O)c2sccc21. The van der Waals surface area contributed by atoms with Gasteiger partial charge >= 0.3 is 0 Å². The number of hydrogen-bond acceptors (Lipinski definition) is 3. The highest BCUT2D eigenvalue weighted by atomic mass is 32.2. The molecule has 3 nitrogen and oxygen atoms in total. The molecule has 5 heteroatoms. The van der Waals surface area contributed by atoms with Crippen molar-refractivity contribution in [2.45, 2.75) is 25.0 Å². The summed E-state index contributed by atoms with van der Waals surface area (Å²) in [6, 6.07) is 1.83. The van der Waals surface area contributed by atoms with E-state index in [0.717, 1.165) is 5.56 Å². The lowest BCUT2D eigenvalue weighted by Gasteiger charge is -2.17. The maximum absolute atomic E-state index is 11.6. The molecular weight excluding hydrogens is 218 g/mol. The van der Waals surface area contributed by atoms with Crippen LogP contribution in [0.3, 0.4) is 0 Å². The zero-order valence-electron chi connectivity index (χ0n) is 8.23. The molecule has 0 bridgehead atoms. The Balaban J connectivity index is 2.72. The molecule has 1 aliphatic rings. The van der Waals surface area contributed by atoms with Gasteiger partial charge in [-0.2, -0.15) is 12.8 Å². The molecule has 0 aromatic carbocycles. The number of rotatable bonds is 0. The quantitative estimate of drug-likeness (QED) is 0.685. The molecule has 2 heterocycles. The Morgan fingerprint density at radius 3 is 2.57 bits per heavy atom. The normalized spacial score (nSPS) is 19.2. The zero-order chi connectivity index (χ0) is 10.6. The summed E-state index contributed by atoms with van der Waals surface area (Å²) >= 11 is 1.24. The van der Waals surface area contributed by atoms with Crippen molar-refractivity contribution in [2.75, 3.05) is 0 Å². The standard InChI is InChI=1S/C9H11NO2S2/c1-9(2,3)7-6-4-5-13-8(6)14(11,12)10-7/h4-5H,1-3H3. The van der Waals surface area contributed by atoms with Gasteiger partial charge in [-0.15, -0.1) is 11.3 Å². The van der Waals surface area contributed by atoms with Crippen LogP contribution in [0.4, 0.5) is 0 Å². The monoisotopic (exact) mass is 229 g/mol. The van der Waals surface area contributed by atoms with Gasteiger partial charge in [0.05, 0.1) is 5.71 Å². The molecule has 1 aromatic rings. The molecule has 0 saturated heterocycles. The molecule has 0 saturated carbocycles. The van der Waals surface area contributed by atoms with Gasteiger partial charge in [0.25, 0.3) is 10.0 Å². The van der Waals surface area contributed by atoms with E-state index in [1.54, 1.807) is 5.38 Å². The summed E-state index contributed by atoms with van der Waals surface area (Å²) in [4.78, 5) is 0. The molecule has 1 aliphatic heterocycles. The molecule has 0 spiro atoms. The molecule has 0 amide bonds. The third-order valence-electron chi connectivity index (χ3n) is 2.04. The van der Waals surface area contributed by atoms with Crippen molar-refractivity contribution in [3.63, 3.8) is 0 Å². The Bertz CT molecular complexity index is 503. The number of thiophene rings is 1. The Morgan fingerprint density at radius 2 is 2.00 bits per heavy atom. The average Bonchev–Trinajstić information content (AvgIpc) is 2.51. The predicted molar refractivity (Wildman–Crippen MR) is 57.5 cm³/mol. The number of fused-ring (bicyclic) bond motifs is 1. The van der Waals surface area contributed by atoms with Gasteiger partial charge in [-0.1, -0.05) is 20.8 Å². The molecule has 0 unspecified atom stereocenters. The summed E-state index contributed by atoms with van der Waals surface area (Å²) in [6.07, 6.45) is 0. The van der Waals surface area contributed by atoms with Gasteiger partial charge in [0.15, 0.2) is 4.21 Å². The fraction of sp³-hybridized carbons (Fsp3) is 0.444. The van der Waals surface area contributed by atoms with E-state index in [4.69, 9.17) is 0 Å². The van der Waals surface area contributed by atoms with E-state index >= 15 is 0 Å². The fourth-order valence-corrected chi connectivity index (χ4v) is 3.94. The number of hydrogen-bond donors (Lipinski definition) is 0. The van der Waals surface area contributed by atoms with Crippen LogP contribution in [0.15, 0.2) is 20.1 Å². The molecule has 0 aliphatic carbocycles. The van der Waals surface area contributed by atoms with Crippen molar-refractivity contribution < 1.29 is 8.42 Å². The van der Waals surface area contributed by atoms with Gasteiger partial charge in [0.2, 0.25) is 0 Å². The van der Waals surface area contributed by atoms with Crippen LogP contribution in [0, 0.1) is 5.41 Å². The van der Waals surface area contributed by atoms with Crippen LogP contribution in [-0.4, -0.2) is 14.1 Å². The Kier molecular flexibility index (Phi) is 1.88. The van der Waals surface area contributed by atoms with Crippen molar-refractivity contribution in [1.29, 1.82) is 0 Å². The highest BCUT2D eigenvalue weighted by molar-refractivity contribution is 7.92. The van der Waals surface area contributed by atoms with E-state index < -0.39 is 10.0 Å². The van der Waals surface area contributed by atoms with Crippen molar-refractivity contribution >= 4 is 27.1 Å². The van der Waals surface area contributed by atoms with E-state index in [1.807, 2.05) is 26.8 Å². The highest BCUT2D eigenvalue weighted by Crippen LogP contribution is 2.37. The average molecular weight is 229 g/mol. The third kappa shape index (κ3) is 1.31. The largest absolute Gasteiger partial charge is 0.292 e. The third-order valence-corrected chi connectivity index (χ3v) is 4.78. The van der Waals surface area contributed by atoms with Crippen molar-refractivity contribution in [1.82, 2.24) is 0 Å². The minimum Gasteiger partial charge on any atom is -0.198 e. The van der Waals surface area contributed by atoms with Crippen LogP contribution in [0.5, 0.6) is 0 Å². The Morgan fingerprint density at radius 1 is 1.36 bits per heavy atom. The molecule has 2 rings (SSSR count). The first-order valence-electron chi connectivity index (χ1n) is 4.26. The summed E-state index contributed by atoms with van der Waals surface area (Å²) in [7, 11) is -3.39. The summed E-state index contributed by atoms with van der Waals surface area (Å²) in [5.74, 6) is 0. The molecule has 76 valence electrons. The first-order chi connectivity index (χ1) is 6.32. The smallest absolute Gasteiger partial charge is 0.198 e. The van der Waals surface area contributed by atoms with Gasteiger partial charge in [-0.3, -0.25) is 0 Å². The predicted octanol–water partition coefficient (Wildman–Crippen LogP) is 2.29. The van der Waals surface area contributed by atoms with E-state index in [9.17, 15) is 8.42 Å². The summed E-state index contributed by atoms with van der Waals surface area (Å²) in [5.41, 5.74) is 1.23. The molecular formula is C9H11NO2S2. The lowest BCUT2D eigenvalue weighted by atomic mass is 9.87. The van der Waals surface area contributed by atoms with Crippen LogP contribution in [0.1, 0.15) is 26.3 Å². The van der Waals surface area contributed by atoms with Gasteiger partial charge < -0.3 is 0 Å². The zero-order valence-corrected chi connectivity index (χ0v) is 9.87. The summed E-state index contributed by atoms with van der Waals surface area (Å²) < 4.78 is 27.4. The first kappa shape index (κ1) is 9.86. The second-order valence-corrected chi connectivity index (χ2v) is 7.00. The van der Waals surface area contributed by atoms with Crippen LogP contribution in [0.2, 0.25) is 0 Å². The van der Waals surface area contributed by atoms with E-state index in [-0.39, 0.29) is 5.41 Å². The van der Waals surface area contributed by atoms with Gasteiger partial charge in [-0.25, -0.2) is 0 Å². The molecule has 14 heavy (non-hydrogen) atoms. The maximum Gasteiger partial charge on any atom is 0.292 e. The molecule has 0 radical (unpaired) electrons. The second kappa shape index (κ2) is 2.67. The molecule has 0 atom stereocenters. The van der Waals surface area contributed by atoms with Gasteiger partial charge in [-0.05, 0) is 11.4 Å². The van der Waals surface area contributed by atoms with Crippen LogP contribution < -0.4 is 0 Å². The van der Waals surface area contributed by atoms with Gasteiger partial charge in [0.1, 0.15) is 0 Å². The minimum absolute atomic E-state index is 0.223. The van der Waals surface area contributed by atoms with Crippen LogP contribution in [0.25, 0.3) is 0 Å². The van der Waals surface area contributed by atoms with Crippen molar-refractivity contribution in [3.8, 4) is 0 Å². The van der Waals surface area contributed by atoms with E-state index in [2.05, 4.69) is 4.40 Å². The fourth-order valence-electron chi connectivity index (χ4n) is 1.42. The van der Waals surface area contributed by atoms with Crippen LogP contribution >= 0.6 is 11.3 Å². The molecule has 1 aromatic heterocycles. The minimum atomic E-state index is -3.39. The first-order valence-corrected chi connectivity index (χ1v) is 6.58. The summed E-state index contributed by atoms with van der Waals surface area (Å²) in [6.45, 7) is 5.90. The van der Waals surface area contributed by atoms with E-state index in [0.29, 0.717) is 9.92 Å². The lowest BCUT2D eigenvalue weighted by molar-refractivity contribution is 0.589. The lowest BCUT2D eigenvalue weighted by Crippen LogP contribution is -2.19. The Hall–Kier alpha value is -0.680. The van der Waals surface area contributed by atoms with Gasteiger partial charge in [0, 0.05) is 11.0 Å². The van der Waals surface area contributed by atoms with E-state index in [1.165, 1.54) is 11.3 Å². The molecule has 0 N–H and O–H groups in total. The van der Waals surface area contributed by atoms with Crippen LogP contribution in [-0.2, 0) is 10.0 Å². The topological polar surface area (TPSA) is 46.5 Å². The summed E-state index contributed by atoms with van der Waals surface area (Å²) in [5, 5.41) is 1.79. The molecule has 0 fully saturated rings. The highest BCUT2D eigenvalue weighted by Gasteiger charge is 2.35. The van der Waals surface area contributed by atoms with Crippen molar-refractivity contribution in [3.05, 3.63) is 17.0 Å². The maximum atomic E-state index is 11.6. The Labute approximate surface area is 87.5 Å². The second-order valence-electron chi connectivity index (χ2n) is 4.29. The number of sulfonamides is 1. The van der Waals surface area contributed by atoms with Crippen molar-refractivity contribution in [2.24, 2.45) is 9.81 Å². The number of nitrogens with zero attached hydrogens (tertiary/aromatic N) is 1.